The molecule has 1 atom stereocenters. The summed E-state index contributed by atoms with van der Waals surface area (Å²) in [5.74, 6) is 0.672. The number of ether oxygens (including phenoxy) is 3. The molecule has 5 aliphatic rings. The largest absolute Gasteiger partial charge is 0.497 e. The van der Waals surface area contributed by atoms with Crippen molar-refractivity contribution in [3.05, 3.63) is 130 Å². The summed E-state index contributed by atoms with van der Waals surface area (Å²) in [5, 5.41) is 16.3. The Kier molecular flexibility index (Phi) is 14.0. The number of piperazine rings is 1. The van der Waals surface area contributed by atoms with Gasteiger partial charge >= 0.3 is 0 Å². The molecule has 4 aliphatic heterocycles. The number of H-pyrrole nitrogens is 2. The number of nitrogens with zero attached hydrogens (tertiary/aromatic N) is 7. The summed E-state index contributed by atoms with van der Waals surface area (Å²) < 4.78 is 63.7. The molecule has 0 radical (unpaired) electrons. The van der Waals surface area contributed by atoms with Crippen LogP contribution in [0.15, 0.2) is 102 Å². The standard InChI is InChI=1S/C58H66FN11O8S/c1-37(2)43-6-4-5-7-44(43)49-34-66(33-38-8-11-42(76-3)12-9-38)22-23-68(49)41-31-57(32-41)15-20-67(21-16-57)40-10-13-45(46(29-40)69-24-27-78-56-48(69)28-39-14-19-60-54(39)64-56)55(71)65-79(74,75)50-30-47(70(72)73)51(53-52(50)62-36-63-53)61-35-58(59)17-25-77-26-18-58/h4-14,19,28-30,36-37,41,49,61H,15-18,20-27,31-35H2,1-3H3,(H,60,64)(H,62,63)(H,65,71). The lowest BCUT2D eigenvalue weighted by Gasteiger charge is -2.58. The molecule has 79 heavy (non-hydrogen) atoms. The molecule has 7 aromatic rings. The highest BCUT2D eigenvalue weighted by Crippen LogP contribution is 2.54. The van der Waals surface area contributed by atoms with Crippen LogP contribution in [-0.2, 0) is 21.3 Å². The minimum atomic E-state index is -4.83. The van der Waals surface area contributed by atoms with Crippen LogP contribution in [0.3, 0.4) is 0 Å². The third-order valence-corrected chi connectivity index (χ3v) is 18.6. The molecule has 7 heterocycles. The Morgan fingerprint density at radius 2 is 1.72 bits per heavy atom. The number of sulfonamides is 1. The summed E-state index contributed by atoms with van der Waals surface area (Å²) in [4.78, 5) is 50.5. The van der Waals surface area contributed by atoms with Gasteiger partial charge in [0.1, 0.15) is 45.5 Å². The lowest BCUT2D eigenvalue weighted by Crippen LogP contribution is -2.60. The number of carbonyl (C=O) groups excluding carboxylic acids is 1. The number of aromatic amines is 2. The third-order valence-electron chi connectivity index (χ3n) is 17.2. The molecule has 21 heteroatoms. The maximum Gasteiger partial charge on any atom is 0.296 e. The average molecular weight is 1100 g/mol. The van der Waals surface area contributed by atoms with Crippen LogP contribution < -0.4 is 29.3 Å². The van der Waals surface area contributed by atoms with Crippen molar-refractivity contribution in [1.82, 2.24) is 34.5 Å². The number of nitro groups is 1. The average Bonchev–Trinajstić information content (AvgIpc) is 4.34. The summed E-state index contributed by atoms with van der Waals surface area (Å²) in [5.41, 5.74) is 4.32. The number of fused-ring (bicyclic) bond motifs is 3. The minimum Gasteiger partial charge on any atom is -0.497 e. The van der Waals surface area contributed by atoms with Crippen LogP contribution in [0.2, 0.25) is 0 Å². The molecule has 4 fully saturated rings. The number of hydrogen-bond donors (Lipinski definition) is 4. The summed E-state index contributed by atoms with van der Waals surface area (Å²) in [7, 11) is -3.14. The zero-order valence-corrected chi connectivity index (χ0v) is 45.5. The summed E-state index contributed by atoms with van der Waals surface area (Å²) in [6.07, 6.45) is 7.43. The highest BCUT2D eigenvalue weighted by molar-refractivity contribution is 7.90. The molecule has 3 saturated heterocycles. The third kappa shape index (κ3) is 10.2. The van der Waals surface area contributed by atoms with Gasteiger partial charge in [0, 0.05) is 107 Å². The van der Waals surface area contributed by atoms with Crippen molar-refractivity contribution in [1.29, 1.82) is 0 Å². The van der Waals surface area contributed by atoms with E-state index in [0.29, 0.717) is 41.4 Å². The number of methoxy groups -OCH3 is 1. The smallest absolute Gasteiger partial charge is 0.296 e. The molecule has 1 amide bonds. The summed E-state index contributed by atoms with van der Waals surface area (Å²) in [6, 6.07) is 28.3. The maximum atomic E-state index is 15.7. The van der Waals surface area contributed by atoms with E-state index in [0.717, 1.165) is 87.8 Å². The van der Waals surface area contributed by atoms with Crippen molar-refractivity contribution in [2.45, 2.75) is 87.5 Å². The van der Waals surface area contributed by atoms with E-state index in [1.54, 1.807) is 19.4 Å². The van der Waals surface area contributed by atoms with Gasteiger partial charge in [0.15, 0.2) is 0 Å². The first-order valence-electron chi connectivity index (χ1n) is 27.4. The molecular weight excluding hydrogens is 1030 g/mol. The van der Waals surface area contributed by atoms with E-state index in [4.69, 9.17) is 19.2 Å². The number of benzene rings is 4. The topological polar surface area (TPSA) is 216 Å². The fourth-order valence-corrected chi connectivity index (χ4v) is 14.0. The predicted octanol–water partition coefficient (Wildman–Crippen LogP) is 9.37. The van der Waals surface area contributed by atoms with Crippen LogP contribution in [0.4, 0.5) is 32.8 Å². The minimum absolute atomic E-state index is 0.0203. The van der Waals surface area contributed by atoms with E-state index in [9.17, 15) is 23.3 Å². The Morgan fingerprint density at radius 3 is 2.48 bits per heavy atom. The Balaban J connectivity index is 0.794. The van der Waals surface area contributed by atoms with Gasteiger partial charge in [-0.05, 0) is 96.2 Å². The monoisotopic (exact) mass is 1100 g/mol. The van der Waals surface area contributed by atoms with E-state index < -0.39 is 37.1 Å². The highest BCUT2D eigenvalue weighted by atomic mass is 32.2. The number of alkyl halides is 1. The lowest BCUT2D eigenvalue weighted by atomic mass is 9.59. The second kappa shape index (κ2) is 21.0. The molecule has 3 aromatic heterocycles. The molecule has 1 saturated carbocycles. The molecule has 4 N–H and O–H groups in total. The first kappa shape index (κ1) is 52.4. The van der Waals surface area contributed by atoms with E-state index in [1.165, 1.54) is 23.0 Å². The van der Waals surface area contributed by atoms with E-state index in [2.05, 4.69) is 89.9 Å². The van der Waals surface area contributed by atoms with Crippen LogP contribution in [-0.4, -0.2) is 133 Å². The normalized spacial score (nSPS) is 19.8. The van der Waals surface area contributed by atoms with Crippen molar-refractivity contribution in [3.8, 4) is 11.6 Å². The molecule has 1 spiro atoms. The Hall–Kier alpha value is -7.33. The quantitative estimate of drug-likeness (QED) is 0.0556. The number of nitrogens with one attached hydrogen (secondary N) is 4. The summed E-state index contributed by atoms with van der Waals surface area (Å²) in [6.45, 7) is 10.7. The number of pyridine rings is 1. The lowest BCUT2D eigenvalue weighted by molar-refractivity contribution is -0.384. The van der Waals surface area contributed by atoms with Crippen LogP contribution in [0.25, 0.3) is 22.1 Å². The van der Waals surface area contributed by atoms with Crippen molar-refractivity contribution in [2.24, 2.45) is 5.41 Å². The number of rotatable bonds is 15. The van der Waals surface area contributed by atoms with E-state index in [1.807, 2.05) is 41.3 Å². The molecule has 12 rings (SSSR count). The molecular formula is C58H66FN11O8S. The molecule has 1 unspecified atom stereocenters. The molecule has 0 bridgehead atoms. The fourth-order valence-electron chi connectivity index (χ4n) is 12.8. The zero-order chi connectivity index (χ0) is 54.6. The number of halogens is 1. The Labute approximate surface area is 458 Å². The highest BCUT2D eigenvalue weighted by Gasteiger charge is 2.50. The maximum absolute atomic E-state index is 15.7. The van der Waals surface area contributed by atoms with Crippen molar-refractivity contribution in [3.63, 3.8) is 0 Å². The van der Waals surface area contributed by atoms with Crippen LogP contribution in [0.5, 0.6) is 11.6 Å². The zero-order valence-electron chi connectivity index (χ0n) is 44.7. The molecule has 414 valence electrons. The SMILES string of the molecule is COc1ccc(CN2CCN(C3CC4(CCN(c5ccc(C(=O)NS(=O)(=O)c6cc([N+](=O)[O-])c(NCC7(F)CCOCC7)c7[nH]cnc67)c(N6CCOc7nc8[nH]ccc8cc76)c5)CC4)C3)C(c3ccccc3C(C)C)C2)cc1. The predicted molar refractivity (Wildman–Crippen MR) is 300 cm³/mol. The van der Waals surface area contributed by atoms with Gasteiger partial charge in [-0.15, -0.1) is 0 Å². The molecule has 19 nitrogen and oxygen atoms in total. The Morgan fingerprint density at radius 1 is 0.937 bits per heavy atom. The number of carbonyl (C=O) groups is 1. The second-order valence-electron chi connectivity index (χ2n) is 22.3. The number of imidazole rings is 1. The number of piperidine rings is 1. The van der Waals surface area contributed by atoms with Crippen molar-refractivity contribution < 1.29 is 36.7 Å². The first-order valence-corrected chi connectivity index (χ1v) is 28.8. The van der Waals surface area contributed by atoms with Gasteiger partial charge in [0.25, 0.3) is 21.6 Å². The van der Waals surface area contributed by atoms with E-state index >= 15 is 4.39 Å². The van der Waals surface area contributed by atoms with Gasteiger partial charge in [-0.2, -0.15) is 4.98 Å². The molecule has 1 aliphatic carbocycles. The van der Waals surface area contributed by atoms with Gasteiger partial charge in [-0.3, -0.25) is 24.7 Å². The molecule has 4 aromatic carbocycles. The summed E-state index contributed by atoms with van der Waals surface area (Å²) >= 11 is 0. The van der Waals surface area contributed by atoms with Gasteiger partial charge in [0.2, 0.25) is 5.88 Å². The number of aromatic nitrogens is 4. The van der Waals surface area contributed by atoms with Crippen molar-refractivity contribution >= 4 is 66.4 Å². The number of hydrogen-bond acceptors (Lipinski definition) is 15. The number of anilines is 4. The van der Waals surface area contributed by atoms with Crippen molar-refractivity contribution in [2.75, 3.05) is 87.9 Å². The first-order chi connectivity index (χ1) is 38.2. The van der Waals surface area contributed by atoms with Crippen LogP contribution in [0, 0.1) is 15.5 Å². The second-order valence-corrected chi connectivity index (χ2v) is 24.0. The van der Waals surface area contributed by atoms with Gasteiger partial charge < -0.3 is 39.3 Å². The van der Waals surface area contributed by atoms with Gasteiger partial charge in [0.05, 0.1) is 41.7 Å². The van der Waals surface area contributed by atoms with Gasteiger partial charge in [-0.25, -0.2) is 22.5 Å². The van der Waals surface area contributed by atoms with E-state index in [-0.39, 0.29) is 72.9 Å². The fraction of sp³-hybridized carbons (Fsp3) is 0.431. The van der Waals surface area contributed by atoms with Gasteiger partial charge in [-0.1, -0.05) is 50.2 Å². The van der Waals surface area contributed by atoms with Crippen LogP contribution >= 0.6 is 0 Å². The number of amides is 1. The number of nitro benzene ring substituents is 1. The Bertz CT molecular complexity index is 3530. The van der Waals surface area contributed by atoms with Crippen LogP contribution in [0.1, 0.15) is 91.4 Å².